The molecule has 0 bridgehead atoms. The summed E-state index contributed by atoms with van der Waals surface area (Å²) in [7, 11) is 8.21. The van der Waals surface area contributed by atoms with Crippen LogP contribution in [0.25, 0.3) is 0 Å². The molecule has 0 aromatic carbocycles. The molecular weight excluding hydrogens is 228 g/mol. The van der Waals surface area contributed by atoms with E-state index in [9.17, 15) is 4.79 Å². The molecule has 5 nitrogen and oxygen atoms in total. The highest BCUT2D eigenvalue weighted by atomic mass is 16.2. The number of hydrogen-bond donors (Lipinski definition) is 1. The highest BCUT2D eigenvalue weighted by Gasteiger charge is 2.12. The number of nitrogens with two attached hydrogens (primary N) is 1. The van der Waals surface area contributed by atoms with E-state index in [4.69, 9.17) is 5.73 Å². The van der Waals surface area contributed by atoms with Crippen molar-refractivity contribution in [1.29, 1.82) is 0 Å². The van der Waals surface area contributed by atoms with Crippen molar-refractivity contribution in [2.75, 3.05) is 60.9 Å². The summed E-state index contributed by atoms with van der Waals surface area (Å²) in [4.78, 5) is 18.2. The minimum atomic E-state index is 0.190. The van der Waals surface area contributed by atoms with Gasteiger partial charge in [0.25, 0.3) is 0 Å². The zero-order valence-corrected chi connectivity index (χ0v) is 12.5. The third kappa shape index (κ3) is 9.39. The van der Waals surface area contributed by atoms with Gasteiger partial charge in [-0.15, -0.1) is 0 Å². The fraction of sp³-hybridized carbons (Fsp3) is 0.923. The Morgan fingerprint density at radius 1 is 0.889 bits per heavy atom. The summed E-state index contributed by atoms with van der Waals surface area (Å²) >= 11 is 0. The van der Waals surface area contributed by atoms with Crippen molar-refractivity contribution in [1.82, 2.24) is 14.7 Å². The van der Waals surface area contributed by atoms with Crippen LogP contribution in [0.1, 0.15) is 19.3 Å². The van der Waals surface area contributed by atoms with Crippen LogP contribution in [0.15, 0.2) is 0 Å². The molecule has 108 valence electrons. The molecule has 0 aromatic rings. The topological polar surface area (TPSA) is 52.8 Å². The van der Waals surface area contributed by atoms with E-state index >= 15 is 0 Å². The molecule has 0 aliphatic rings. The fourth-order valence-electron chi connectivity index (χ4n) is 1.80. The summed E-state index contributed by atoms with van der Waals surface area (Å²) in [6.07, 6.45) is 2.50. The second-order valence-electron chi connectivity index (χ2n) is 5.23. The zero-order chi connectivity index (χ0) is 14.0. The molecule has 18 heavy (non-hydrogen) atoms. The van der Waals surface area contributed by atoms with Crippen molar-refractivity contribution < 1.29 is 4.79 Å². The van der Waals surface area contributed by atoms with Crippen molar-refractivity contribution in [3.63, 3.8) is 0 Å². The molecule has 0 saturated heterocycles. The van der Waals surface area contributed by atoms with Crippen LogP contribution in [-0.2, 0) is 4.79 Å². The van der Waals surface area contributed by atoms with E-state index < -0.39 is 0 Å². The summed E-state index contributed by atoms with van der Waals surface area (Å²) < 4.78 is 0. The van der Waals surface area contributed by atoms with Gasteiger partial charge in [-0.3, -0.25) is 4.79 Å². The Hall–Kier alpha value is -0.650. The van der Waals surface area contributed by atoms with Gasteiger partial charge < -0.3 is 20.4 Å². The predicted molar refractivity (Wildman–Crippen MR) is 76.6 cm³/mol. The van der Waals surface area contributed by atoms with Gasteiger partial charge in [0.2, 0.25) is 5.91 Å². The molecule has 0 rings (SSSR count). The Balaban J connectivity index is 4.03. The normalized spacial score (nSPS) is 11.3. The minimum Gasteiger partial charge on any atom is -0.343 e. The molecule has 0 atom stereocenters. The van der Waals surface area contributed by atoms with Gasteiger partial charge in [0.1, 0.15) is 0 Å². The molecule has 5 heteroatoms. The van der Waals surface area contributed by atoms with Crippen LogP contribution in [0.3, 0.4) is 0 Å². The molecule has 0 aromatic heterocycles. The lowest BCUT2D eigenvalue weighted by Crippen LogP contribution is -2.36. The number of nitrogens with zero attached hydrogens (tertiary/aromatic N) is 3. The van der Waals surface area contributed by atoms with Crippen LogP contribution in [0.4, 0.5) is 0 Å². The molecule has 0 radical (unpaired) electrons. The van der Waals surface area contributed by atoms with E-state index in [2.05, 4.69) is 38.0 Å². The average molecular weight is 258 g/mol. The molecule has 0 fully saturated rings. The lowest BCUT2D eigenvalue weighted by Gasteiger charge is -2.24. The summed E-state index contributed by atoms with van der Waals surface area (Å²) in [5, 5.41) is 0. The first-order chi connectivity index (χ1) is 8.47. The fourth-order valence-corrected chi connectivity index (χ4v) is 1.80. The van der Waals surface area contributed by atoms with Crippen molar-refractivity contribution in [2.45, 2.75) is 19.3 Å². The SMILES string of the molecule is CN(C)CCCN(CCCN(C)C)C(=O)CCN. The molecule has 0 aliphatic heterocycles. The molecule has 0 saturated carbocycles. The quantitative estimate of drug-likeness (QED) is 0.602. The van der Waals surface area contributed by atoms with Crippen LogP contribution in [-0.4, -0.2) is 81.5 Å². The Kier molecular flexibility index (Phi) is 9.92. The maximum Gasteiger partial charge on any atom is 0.223 e. The van der Waals surface area contributed by atoms with Crippen molar-refractivity contribution >= 4 is 5.91 Å². The van der Waals surface area contributed by atoms with E-state index in [0.717, 1.165) is 39.0 Å². The van der Waals surface area contributed by atoms with Crippen LogP contribution in [0.2, 0.25) is 0 Å². The number of hydrogen-bond acceptors (Lipinski definition) is 4. The van der Waals surface area contributed by atoms with Gasteiger partial charge in [-0.05, 0) is 54.1 Å². The Labute approximate surface area is 112 Å². The lowest BCUT2D eigenvalue weighted by molar-refractivity contribution is -0.131. The van der Waals surface area contributed by atoms with E-state index in [0.29, 0.717) is 13.0 Å². The molecule has 0 spiro atoms. The van der Waals surface area contributed by atoms with Gasteiger partial charge in [-0.25, -0.2) is 0 Å². The largest absolute Gasteiger partial charge is 0.343 e. The summed E-state index contributed by atoms with van der Waals surface area (Å²) in [6.45, 7) is 4.14. The minimum absolute atomic E-state index is 0.190. The first-order valence-electron chi connectivity index (χ1n) is 6.74. The molecular formula is C13H30N4O. The standard InChI is InChI=1S/C13H30N4O/c1-15(2)9-5-11-17(13(18)7-8-14)12-6-10-16(3)4/h5-12,14H2,1-4H3. The summed E-state index contributed by atoms with van der Waals surface area (Å²) in [5.41, 5.74) is 5.46. The van der Waals surface area contributed by atoms with Crippen LogP contribution < -0.4 is 5.73 Å². The van der Waals surface area contributed by atoms with E-state index in [1.807, 2.05) is 4.90 Å². The van der Waals surface area contributed by atoms with Crippen LogP contribution in [0, 0.1) is 0 Å². The van der Waals surface area contributed by atoms with Crippen LogP contribution in [0.5, 0.6) is 0 Å². The summed E-state index contributed by atoms with van der Waals surface area (Å²) in [5.74, 6) is 0.190. The average Bonchev–Trinajstić information content (AvgIpc) is 2.26. The highest BCUT2D eigenvalue weighted by molar-refractivity contribution is 5.76. The van der Waals surface area contributed by atoms with Gasteiger partial charge in [-0.2, -0.15) is 0 Å². The third-order valence-electron chi connectivity index (χ3n) is 2.78. The second-order valence-corrected chi connectivity index (χ2v) is 5.23. The number of rotatable bonds is 10. The first-order valence-corrected chi connectivity index (χ1v) is 6.74. The zero-order valence-electron chi connectivity index (χ0n) is 12.5. The maximum atomic E-state index is 11.9. The van der Waals surface area contributed by atoms with Crippen LogP contribution >= 0.6 is 0 Å². The lowest BCUT2D eigenvalue weighted by atomic mass is 10.2. The molecule has 2 N–H and O–H groups in total. The van der Waals surface area contributed by atoms with Gasteiger partial charge in [0.05, 0.1) is 0 Å². The number of carbonyl (C=O) groups excluding carboxylic acids is 1. The van der Waals surface area contributed by atoms with Crippen molar-refractivity contribution in [2.24, 2.45) is 5.73 Å². The Morgan fingerprint density at radius 3 is 1.67 bits per heavy atom. The molecule has 0 unspecified atom stereocenters. The Bertz CT molecular complexity index is 205. The molecule has 1 amide bonds. The van der Waals surface area contributed by atoms with E-state index in [1.54, 1.807) is 0 Å². The molecule has 0 aliphatic carbocycles. The smallest absolute Gasteiger partial charge is 0.223 e. The van der Waals surface area contributed by atoms with Crippen molar-refractivity contribution in [3.8, 4) is 0 Å². The van der Waals surface area contributed by atoms with E-state index in [1.165, 1.54) is 0 Å². The van der Waals surface area contributed by atoms with E-state index in [-0.39, 0.29) is 5.91 Å². The van der Waals surface area contributed by atoms with Gasteiger partial charge in [0.15, 0.2) is 0 Å². The summed E-state index contributed by atoms with van der Waals surface area (Å²) in [6, 6.07) is 0. The number of carbonyl (C=O) groups is 1. The van der Waals surface area contributed by atoms with Gasteiger partial charge >= 0.3 is 0 Å². The molecule has 0 heterocycles. The Morgan fingerprint density at radius 2 is 1.33 bits per heavy atom. The monoisotopic (exact) mass is 258 g/mol. The number of amides is 1. The highest BCUT2D eigenvalue weighted by Crippen LogP contribution is 1.99. The van der Waals surface area contributed by atoms with Gasteiger partial charge in [0, 0.05) is 26.1 Å². The predicted octanol–water partition coefficient (Wildman–Crippen LogP) is 0.0672. The van der Waals surface area contributed by atoms with Gasteiger partial charge in [-0.1, -0.05) is 0 Å². The first kappa shape index (κ1) is 17.4. The van der Waals surface area contributed by atoms with Crippen molar-refractivity contribution in [3.05, 3.63) is 0 Å². The maximum absolute atomic E-state index is 11.9. The second kappa shape index (κ2) is 10.3. The third-order valence-corrected chi connectivity index (χ3v) is 2.78.